The molecule has 0 fully saturated rings. The summed E-state index contributed by atoms with van der Waals surface area (Å²) in [7, 11) is 1.34. The lowest BCUT2D eigenvalue weighted by Gasteiger charge is -2.28. The van der Waals surface area contributed by atoms with Gasteiger partial charge in [-0.15, -0.1) is 5.10 Å². The van der Waals surface area contributed by atoms with Gasteiger partial charge >= 0.3 is 5.97 Å². The number of allylic oxidation sites excluding steroid dienone is 1. The maximum Gasteiger partial charge on any atom is 0.338 e. The second-order valence-electron chi connectivity index (χ2n) is 6.77. The number of methoxy groups -OCH3 is 1. The van der Waals surface area contributed by atoms with E-state index in [1.165, 1.54) is 18.9 Å². The Kier molecular flexibility index (Phi) is 6.48. The third-order valence-corrected chi connectivity index (χ3v) is 6.81. The van der Waals surface area contributed by atoms with Gasteiger partial charge in [-0.2, -0.15) is 4.98 Å². The van der Waals surface area contributed by atoms with E-state index >= 15 is 0 Å². The smallest absolute Gasteiger partial charge is 0.338 e. The summed E-state index contributed by atoms with van der Waals surface area (Å²) in [5, 5.41) is 9.85. The molecular formula is C21H17Cl3N4O2S. The minimum atomic E-state index is -0.569. The van der Waals surface area contributed by atoms with E-state index in [9.17, 15) is 4.79 Å². The molecule has 3 aromatic rings. The topological polar surface area (TPSA) is 69.0 Å². The summed E-state index contributed by atoms with van der Waals surface area (Å²) >= 11 is 20.1. The Balaban J connectivity index is 1.73. The van der Waals surface area contributed by atoms with E-state index in [4.69, 9.17) is 39.5 Å². The number of benzene rings is 2. The Morgan fingerprint density at radius 3 is 2.65 bits per heavy atom. The number of rotatable bonds is 5. The average Bonchev–Trinajstić information content (AvgIpc) is 3.16. The number of aromatic nitrogens is 3. The Labute approximate surface area is 198 Å². The third kappa shape index (κ3) is 4.41. The number of nitrogens with one attached hydrogen (secondary N) is 1. The van der Waals surface area contributed by atoms with Crippen LogP contribution in [0.15, 0.2) is 58.9 Å². The molecule has 2 heterocycles. The van der Waals surface area contributed by atoms with Gasteiger partial charge in [-0.3, -0.25) is 0 Å². The zero-order valence-corrected chi connectivity index (χ0v) is 19.6. The number of carbonyl (C=O) groups is 1. The number of thioether (sulfide) groups is 1. The highest BCUT2D eigenvalue weighted by molar-refractivity contribution is 7.98. The van der Waals surface area contributed by atoms with E-state index in [1.807, 2.05) is 30.3 Å². The van der Waals surface area contributed by atoms with Crippen LogP contribution < -0.4 is 5.32 Å². The third-order valence-electron chi connectivity index (χ3n) is 4.81. The second kappa shape index (κ2) is 9.12. The van der Waals surface area contributed by atoms with Crippen molar-refractivity contribution >= 4 is 58.5 Å². The molecule has 0 saturated heterocycles. The van der Waals surface area contributed by atoms with Crippen LogP contribution in [0.25, 0.3) is 0 Å². The molecule has 160 valence electrons. The standard InChI is InChI=1S/C21H17Cl3N4O2S/c1-11-17(19(29)30-2)18(12-7-8-15(23)16(24)9-12)28-20(25-11)26-21(27-28)31-10-13-5-3-4-6-14(13)22/h3-9,18H,10H2,1-2H3,(H,25,26,27). The summed E-state index contributed by atoms with van der Waals surface area (Å²) in [6.45, 7) is 1.80. The summed E-state index contributed by atoms with van der Waals surface area (Å²) in [6, 6.07) is 12.3. The van der Waals surface area contributed by atoms with Crippen molar-refractivity contribution in [2.75, 3.05) is 12.4 Å². The molecule has 0 spiro atoms. The van der Waals surface area contributed by atoms with Gasteiger partial charge in [0, 0.05) is 16.5 Å². The van der Waals surface area contributed by atoms with Crippen molar-refractivity contribution in [3.63, 3.8) is 0 Å². The van der Waals surface area contributed by atoms with Crippen LogP contribution in [0.5, 0.6) is 0 Å². The Bertz CT molecular complexity index is 1200. The monoisotopic (exact) mass is 494 g/mol. The molecule has 0 aliphatic carbocycles. The largest absolute Gasteiger partial charge is 0.466 e. The lowest BCUT2D eigenvalue weighted by Crippen LogP contribution is -2.29. The van der Waals surface area contributed by atoms with Crippen LogP contribution >= 0.6 is 46.6 Å². The molecule has 2 aromatic carbocycles. The molecule has 1 aliphatic rings. The summed E-state index contributed by atoms with van der Waals surface area (Å²) < 4.78 is 6.69. The van der Waals surface area contributed by atoms with E-state index in [0.717, 1.165) is 11.1 Å². The number of esters is 1. The summed E-state index contributed by atoms with van der Waals surface area (Å²) in [4.78, 5) is 17.2. The molecule has 0 saturated carbocycles. The molecule has 31 heavy (non-hydrogen) atoms. The Morgan fingerprint density at radius 2 is 1.94 bits per heavy atom. The Hall–Kier alpha value is -2.19. The highest BCUT2D eigenvalue weighted by Gasteiger charge is 2.35. The van der Waals surface area contributed by atoms with E-state index in [0.29, 0.717) is 43.2 Å². The lowest BCUT2D eigenvalue weighted by molar-refractivity contribution is -0.136. The fraction of sp³-hybridized carbons (Fsp3) is 0.190. The van der Waals surface area contributed by atoms with Gasteiger partial charge in [0.2, 0.25) is 11.1 Å². The number of hydrogen-bond donors (Lipinski definition) is 1. The summed E-state index contributed by atoms with van der Waals surface area (Å²) in [5.74, 6) is 0.659. The first kappa shape index (κ1) is 22.0. The molecule has 1 N–H and O–H groups in total. The van der Waals surface area contributed by atoms with Crippen LogP contribution in [0, 0.1) is 0 Å². The highest BCUT2D eigenvalue weighted by atomic mass is 35.5. The fourth-order valence-corrected chi connectivity index (χ4v) is 4.74. The van der Waals surface area contributed by atoms with E-state index < -0.39 is 12.0 Å². The molecule has 4 rings (SSSR count). The average molecular weight is 496 g/mol. The van der Waals surface area contributed by atoms with Crippen molar-refractivity contribution in [3.8, 4) is 0 Å². The van der Waals surface area contributed by atoms with Crippen LogP contribution in [0.1, 0.15) is 24.1 Å². The number of hydrogen-bond acceptors (Lipinski definition) is 6. The molecule has 0 bridgehead atoms. The minimum Gasteiger partial charge on any atom is -0.466 e. The molecular weight excluding hydrogens is 479 g/mol. The number of nitrogens with zero attached hydrogens (tertiary/aromatic N) is 3. The molecule has 1 unspecified atom stereocenters. The van der Waals surface area contributed by atoms with Crippen LogP contribution in [0.2, 0.25) is 15.1 Å². The van der Waals surface area contributed by atoms with Gasteiger partial charge in [0.15, 0.2) is 0 Å². The van der Waals surface area contributed by atoms with Crippen LogP contribution in [0.4, 0.5) is 5.95 Å². The zero-order chi connectivity index (χ0) is 22.1. The highest BCUT2D eigenvalue weighted by Crippen LogP contribution is 2.38. The predicted octanol–water partition coefficient (Wildman–Crippen LogP) is 5.99. The molecule has 1 atom stereocenters. The molecule has 0 radical (unpaired) electrons. The first-order valence-electron chi connectivity index (χ1n) is 9.23. The van der Waals surface area contributed by atoms with E-state index in [2.05, 4.69) is 15.4 Å². The van der Waals surface area contributed by atoms with Gasteiger partial charge in [0.05, 0.1) is 22.7 Å². The van der Waals surface area contributed by atoms with Crippen molar-refractivity contribution in [2.24, 2.45) is 0 Å². The van der Waals surface area contributed by atoms with Gasteiger partial charge in [-0.25, -0.2) is 9.48 Å². The van der Waals surface area contributed by atoms with Crippen molar-refractivity contribution in [1.82, 2.24) is 14.8 Å². The molecule has 6 nitrogen and oxygen atoms in total. The van der Waals surface area contributed by atoms with Gasteiger partial charge in [-0.05, 0) is 36.2 Å². The quantitative estimate of drug-likeness (QED) is 0.346. The SMILES string of the molecule is COC(=O)C1=C(C)Nc2nc(SCc3ccccc3Cl)nn2C1c1ccc(Cl)c(Cl)c1. The van der Waals surface area contributed by atoms with Gasteiger partial charge in [-0.1, -0.05) is 70.8 Å². The van der Waals surface area contributed by atoms with Crippen molar-refractivity contribution in [3.05, 3.63) is 79.9 Å². The lowest BCUT2D eigenvalue weighted by atomic mass is 9.96. The molecule has 1 aromatic heterocycles. The number of carbonyl (C=O) groups excluding carboxylic acids is 1. The molecule has 10 heteroatoms. The molecule has 0 amide bonds. The predicted molar refractivity (Wildman–Crippen MR) is 124 cm³/mol. The first-order chi connectivity index (χ1) is 14.9. The maximum atomic E-state index is 12.6. The first-order valence-corrected chi connectivity index (χ1v) is 11.3. The van der Waals surface area contributed by atoms with Crippen molar-refractivity contribution in [1.29, 1.82) is 0 Å². The van der Waals surface area contributed by atoms with Crippen LogP contribution in [-0.2, 0) is 15.3 Å². The van der Waals surface area contributed by atoms with Gasteiger partial charge in [0.1, 0.15) is 6.04 Å². The van der Waals surface area contributed by atoms with Crippen LogP contribution in [-0.4, -0.2) is 27.8 Å². The molecule has 1 aliphatic heterocycles. The van der Waals surface area contributed by atoms with Crippen molar-refractivity contribution < 1.29 is 9.53 Å². The number of ether oxygens (including phenoxy) is 1. The summed E-state index contributed by atoms with van der Waals surface area (Å²) in [6.07, 6.45) is 0. The fourth-order valence-electron chi connectivity index (χ4n) is 3.32. The summed E-state index contributed by atoms with van der Waals surface area (Å²) in [5.41, 5.74) is 2.77. The van der Waals surface area contributed by atoms with Crippen molar-refractivity contribution in [2.45, 2.75) is 23.9 Å². The van der Waals surface area contributed by atoms with E-state index in [1.54, 1.807) is 23.7 Å². The van der Waals surface area contributed by atoms with Gasteiger partial charge in [0.25, 0.3) is 0 Å². The number of anilines is 1. The Morgan fingerprint density at radius 1 is 1.16 bits per heavy atom. The number of fused-ring (bicyclic) bond motifs is 1. The van der Waals surface area contributed by atoms with Gasteiger partial charge < -0.3 is 10.1 Å². The second-order valence-corrected chi connectivity index (χ2v) is 8.94. The minimum absolute atomic E-state index is 0.384. The number of halogens is 3. The van der Waals surface area contributed by atoms with Crippen LogP contribution in [0.3, 0.4) is 0 Å². The normalized spacial score (nSPS) is 15.5. The van der Waals surface area contributed by atoms with E-state index in [-0.39, 0.29) is 0 Å². The zero-order valence-electron chi connectivity index (χ0n) is 16.5. The maximum absolute atomic E-state index is 12.6.